The van der Waals surface area contributed by atoms with Gasteiger partial charge in [0.15, 0.2) is 0 Å². The zero-order chi connectivity index (χ0) is 26.6. The Balaban J connectivity index is 1.46. The third-order valence-electron chi connectivity index (χ3n) is 7.30. The molecule has 1 aromatic carbocycles. The molecule has 2 aliphatic rings. The number of piperazine rings is 1. The largest absolute Gasteiger partial charge is 0.460 e. The van der Waals surface area contributed by atoms with Gasteiger partial charge >= 0.3 is 5.97 Å². The summed E-state index contributed by atoms with van der Waals surface area (Å²) in [6, 6.07) is 10.6. The standard InChI is InChI=1S/C29H40N6O2/c1-21-22(18-27(36)37-29(2,3)4)8-7-13-35(21)25-19-26(28(30-5)31-20-25)32-23-9-11-24(12-10-23)34-16-14-33(6)15-17-34/h9-12,19-22,32H,7-8,13-18H2,1-4,6H3/t21-,22+/m1/s1. The average Bonchev–Trinajstić information content (AvgIpc) is 2.85. The number of rotatable bonds is 6. The topological polar surface area (TPSA) is 65.3 Å². The molecule has 0 spiro atoms. The SMILES string of the molecule is [C-]#[N+]c1ncc(N2CCC[C@@H](CC(=O)OC(C)(C)C)[C@H]2C)cc1Nc1ccc(N2CCN(C)CC2)cc1. The van der Waals surface area contributed by atoms with Gasteiger partial charge in [-0.15, -0.1) is 4.98 Å². The van der Waals surface area contributed by atoms with E-state index in [9.17, 15) is 4.79 Å². The summed E-state index contributed by atoms with van der Waals surface area (Å²) >= 11 is 0. The third kappa shape index (κ3) is 6.92. The van der Waals surface area contributed by atoms with Crippen LogP contribution in [0.25, 0.3) is 4.85 Å². The molecule has 198 valence electrons. The summed E-state index contributed by atoms with van der Waals surface area (Å²) in [5.41, 5.74) is 3.33. The van der Waals surface area contributed by atoms with Crippen molar-refractivity contribution in [1.29, 1.82) is 0 Å². The van der Waals surface area contributed by atoms with E-state index in [1.807, 2.05) is 26.8 Å². The average molecular weight is 505 g/mol. The quantitative estimate of drug-likeness (QED) is 0.414. The van der Waals surface area contributed by atoms with Gasteiger partial charge in [0, 0.05) is 50.1 Å². The fraction of sp³-hybridized carbons (Fsp3) is 0.552. The number of pyridine rings is 1. The second-order valence-corrected chi connectivity index (χ2v) is 11.3. The normalized spacial score (nSPS) is 20.9. The molecule has 37 heavy (non-hydrogen) atoms. The molecular formula is C29H40N6O2. The van der Waals surface area contributed by atoms with E-state index in [1.165, 1.54) is 5.69 Å². The minimum atomic E-state index is -0.475. The van der Waals surface area contributed by atoms with Crippen LogP contribution in [0.1, 0.15) is 47.0 Å². The predicted octanol–water partition coefficient (Wildman–Crippen LogP) is 5.46. The third-order valence-corrected chi connectivity index (χ3v) is 7.30. The van der Waals surface area contributed by atoms with Crippen molar-refractivity contribution >= 4 is 34.5 Å². The molecule has 3 heterocycles. The summed E-state index contributed by atoms with van der Waals surface area (Å²) < 4.78 is 5.58. The Bertz CT molecular complexity index is 1110. The Hall–Kier alpha value is -3.31. The van der Waals surface area contributed by atoms with Gasteiger partial charge in [-0.05, 0) is 83.8 Å². The minimum absolute atomic E-state index is 0.143. The van der Waals surface area contributed by atoms with Crippen molar-refractivity contribution in [3.05, 3.63) is 47.9 Å². The first-order valence-electron chi connectivity index (χ1n) is 13.3. The Labute approximate surface area is 221 Å². The number of aromatic nitrogens is 1. The van der Waals surface area contributed by atoms with Gasteiger partial charge in [-0.3, -0.25) is 4.79 Å². The maximum absolute atomic E-state index is 12.5. The van der Waals surface area contributed by atoms with Crippen LogP contribution in [0.15, 0.2) is 36.5 Å². The number of ether oxygens (including phenoxy) is 1. The molecule has 2 atom stereocenters. The first-order valence-corrected chi connectivity index (χ1v) is 13.3. The van der Waals surface area contributed by atoms with Crippen LogP contribution in [0.5, 0.6) is 0 Å². The number of carbonyl (C=O) groups is 1. The highest BCUT2D eigenvalue weighted by Crippen LogP contribution is 2.35. The lowest BCUT2D eigenvalue weighted by molar-refractivity contribution is -0.156. The predicted molar refractivity (Wildman–Crippen MR) is 150 cm³/mol. The van der Waals surface area contributed by atoms with Crippen molar-refractivity contribution in [1.82, 2.24) is 9.88 Å². The van der Waals surface area contributed by atoms with Gasteiger partial charge in [0.2, 0.25) is 0 Å². The number of anilines is 4. The van der Waals surface area contributed by atoms with Gasteiger partial charge in [0.1, 0.15) is 11.8 Å². The van der Waals surface area contributed by atoms with Crippen LogP contribution in [0.3, 0.4) is 0 Å². The van der Waals surface area contributed by atoms with E-state index in [1.54, 1.807) is 6.20 Å². The summed E-state index contributed by atoms with van der Waals surface area (Å²) in [7, 11) is 2.16. The Morgan fingerprint density at radius 2 is 1.84 bits per heavy atom. The number of benzene rings is 1. The van der Waals surface area contributed by atoms with Crippen molar-refractivity contribution < 1.29 is 9.53 Å². The number of hydrogen-bond donors (Lipinski definition) is 1. The zero-order valence-electron chi connectivity index (χ0n) is 22.8. The molecule has 0 bridgehead atoms. The van der Waals surface area contributed by atoms with Crippen LogP contribution in [-0.2, 0) is 9.53 Å². The lowest BCUT2D eigenvalue weighted by atomic mass is 9.87. The highest BCUT2D eigenvalue weighted by Gasteiger charge is 2.32. The lowest BCUT2D eigenvalue weighted by Crippen LogP contribution is -2.44. The van der Waals surface area contributed by atoms with E-state index >= 15 is 0 Å². The Morgan fingerprint density at radius 1 is 1.14 bits per heavy atom. The van der Waals surface area contributed by atoms with Crippen molar-refractivity contribution in [2.75, 3.05) is 54.9 Å². The first kappa shape index (κ1) is 26.7. The molecule has 2 saturated heterocycles. The molecule has 0 radical (unpaired) electrons. The second kappa shape index (κ2) is 11.4. The van der Waals surface area contributed by atoms with Gasteiger partial charge in [0.25, 0.3) is 5.82 Å². The molecule has 2 aliphatic heterocycles. The van der Waals surface area contributed by atoms with E-state index in [4.69, 9.17) is 11.3 Å². The summed E-state index contributed by atoms with van der Waals surface area (Å²) in [5, 5.41) is 3.42. The number of likely N-dealkylation sites (N-methyl/N-ethyl adjacent to an activating group) is 1. The number of hydrogen-bond acceptors (Lipinski definition) is 7. The highest BCUT2D eigenvalue weighted by molar-refractivity contribution is 5.76. The summed E-state index contributed by atoms with van der Waals surface area (Å²) in [5.74, 6) is 0.416. The zero-order valence-corrected chi connectivity index (χ0v) is 22.8. The van der Waals surface area contributed by atoms with Crippen molar-refractivity contribution in [3.8, 4) is 0 Å². The first-order chi connectivity index (χ1) is 17.6. The molecule has 0 aliphatic carbocycles. The smallest absolute Gasteiger partial charge is 0.306 e. The minimum Gasteiger partial charge on any atom is -0.460 e. The highest BCUT2D eigenvalue weighted by atomic mass is 16.6. The maximum atomic E-state index is 12.5. The van der Waals surface area contributed by atoms with Crippen LogP contribution >= 0.6 is 0 Å². The van der Waals surface area contributed by atoms with Crippen LogP contribution in [-0.4, -0.2) is 67.3 Å². The fourth-order valence-corrected chi connectivity index (χ4v) is 5.22. The van der Waals surface area contributed by atoms with E-state index in [2.05, 4.69) is 68.1 Å². The molecule has 8 nitrogen and oxygen atoms in total. The summed E-state index contributed by atoms with van der Waals surface area (Å²) in [6.07, 6.45) is 4.18. The van der Waals surface area contributed by atoms with Crippen molar-refractivity contribution in [2.24, 2.45) is 5.92 Å². The molecule has 1 aromatic heterocycles. The van der Waals surface area contributed by atoms with Gasteiger partial charge in [0.05, 0.1) is 17.8 Å². The molecule has 2 fully saturated rings. The maximum Gasteiger partial charge on any atom is 0.306 e. The van der Waals surface area contributed by atoms with Crippen LogP contribution in [0, 0.1) is 12.5 Å². The Morgan fingerprint density at radius 3 is 2.49 bits per heavy atom. The number of piperidine rings is 1. The van der Waals surface area contributed by atoms with E-state index < -0.39 is 5.60 Å². The number of carbonyl (C=O) groups excluding carboxylic acids is 1. The number of nitrogens with zero attached hydrogens (tertiary/aromatic N) is 5. The van der Waals surface area contributed by atoms with Gasteiger partial charge in [-0.1, -0.05) is 6.57 Å². The van der Waals surface area contributed by atoms with Crippen molar-refractivity contribution in [3.63, 3.8) is 0 Å². The molecule has 2 aromatic rings. The van der Waals surface area contributed by atoms with E-state index in [0.29, 0.717) is 17.9 Å². The molecule has 0 saturated carbocycles. The monoisotopic (exact) mass is 504 g/mol. The Kier molecular flexibility index (Phi) is 8.23. The molecule has 1 N–H and O–H groups in total. The van der Waals surface area contributed by atoms with Gasteiger partial charge in [-0.25, -0.2) is 0 Å². The molecule has 8 heteroatoms. The number of nitrogens with one attached hydrogen (secondary N) is 1. The van der Waals surface area contributed by atoms with E-state index in [-0.39, 0.29) is 17.9 Å². The van der Waals surface area contributed by atoms with Crippen LogP contribution in [0.2, 0.25) is 0 Å². The summed E-state index contributed by atoms with van der Waals surface area (Å²) in [4.78, 5) is 27.7. The second-order valence-electron chi connectivity index (χ2n) is 11.3. The molecule has 0 unspecified atom stereocenters. The van der Waals surface area contributed by atoms with Crippen LogP contribution < -0.4 is 15.1 Å². The molecule has 4 rings (SSSR count). The molecule has 0 amide bonds. The van der Waals surface area contributed by atoms with Gasteiger partial charge < -0.3 is 29.6 Å². The van der Waals surface area contributed by atoms with Crippen molar-refractivity contribution in [2.45, 2.75) is 58.6 Å². The summed E-state index contributed by atoms with van der Waals surface area (Å²) in [6.45, 7) is 20.6. The van der Waals surface area contributed by atoms with E-state index in [0.717, 1.165) is 56.9 Å². The molecular weight excluding hydrogens is 464 g/mol. The lowest BCUT2D eigenvalue weighted by Gasteiger charge is -2.40. The van der Waals surface area contributed by atoms with Gasteiger partial charge in [-0.2, -0.15) is 0 Å². The fourth-order valence-electron chi connectivity index (χ4n) is 5.22. The van der Waals surface area contributed by atoms with Crippen LogP contribution in [0.4, 0.5) is 28.6 Å². The number of esters is 1.